The summed E-state index contributed by atoms with van der Waals surface area (Å²) in [5.41, 5.74) is 10.3. The number of fused-ring (bicyclic) bond motifs is 1. The van der Waals surface area contributed by atoms with Crippen molar-refractivity contribution in [2.24, 2.45) is 5.11 Å². The van der Waals surface area contributed by atoms with Crippen LogP contribution >= 0.6 is 0 Å². The molecule has 230 valence electrons. The quantitative estimate of drug-likeness (QED) is 0.0581. The molecule has 1 aliphatic rings. The largest absolute Gasteiger partial charge is 0.493 e. The third kappa shape index (κ3) is 11.1. The van der Waals surface area contributed by atoms with E-state index in [0.717, 1.165) is 42.2 Å². The second-order valence-electron chi connectivity index (χ2n) is 9.82. The molecule has 0 fully saturated rings. The molecule has 0 aromatic heterocycles. The zero-order valence-electron chi connectivity index (χ0n) is 23.9. The Bertz CT molecular complexity index is 1190. The molecule has 12 heteroatoms. The van der Waals surface area contributed by atoms with Gasteiger partial charge in [0.1, 0.15) is 18.1 Å². The summed E-state index contributed by atoms with van der Waals surface area (Å²) in [6.07, 6.45) is -0.558. The van der Waals surface area contributed by atoms with E-state index in [-0.39, 0.29) is 31.6 Å². The Hall–Kier alpha value is -3.47. The van der Waals surface area contributed by atoms with Crippen LogP contribution in [0.4, 0.5) is 13.2 Å². The predicted octanol–water partition coefficient (Wildman–Crippen LogP) is 6.81. The van der Waals surface area contributed by atoms with Crippen molar-refractivity contribution in [3.63, 3.8) is 0 Å². The van der Waals surface area contributed by atoms with Crippen molar-refractivity contribution in [3.05, 3.63) is 69.1 Å². The molecule has 42 heavy (non-hydrogen) atoms. The molecule has 3 rings (SSSR count). The van der Waals surface area contributed by atoms with Crippen LogP contribution in [0.5, 0.6) is 11.5 Å². The van der Waals surface area contributed by atoms with Crippen LogP contribution < -0.4 is 9.47 Å². The minimum atomic E-state index is -4.38. The first kappa shape index (κ1) is 33.0. The molecular formula is C30H38F3N3O6. The number of azide groups is 1. The van der Waals surface area contributed by atoms with Crippen LogP contribution in [0.15, 0.2) is 41.5 Å². The molecule has 2 aromatic carbocycles. The molecule has 0 unspecified atom stereocenters. The number of carbonyl (C=O) groups excluding carboxylic acids is 1. The molecule has 0 saturated carbocycles. The Morgan fingerprint density at radius 2 is 1.76 bits per heavy atom. The van der Waals surface area contributed by atoms with E-state index >= 15 is 0 Å². The van der Waals surface area contributed by atoms with Gasteiger partial charge in [0.05, 0.1) is 51.6 Å². The zero-order valence-corrected chi connectivity index (χ0v) is 23.9. The number of nitrogens with zero attached hydrogens (tertiary/aromatic N) is 3. The third-order valence-electron chi connectivity index (χ3n) is 6.71. The van der Waals surface area contributed by atoms with E-state index < -0.39 is 11.7 Å². The highest BCUT2D eigenvalue weighted by molar-refractivity contribution is 5.71. The topological polar surface area (TPSA) is 112 Å². The lowest BCUT2D eigenvalue weighted by atomic mass is 9.98. The summed E-state index contributed by atoms with van der Waals surface area (Å²) < 4.78 is 66.7. The lowest BCUT2D eigenvalue weighted by Gasteiger charge is -2.15. The molecule has 0 bridgehead atoms. The standard InChI is InChI=1S/C30H38F3N3O6/c1-2-4-24-19-25(30(31,32)33)7-10-28(24)41-13-3-12-40-26-8-9-27-22(20-26)5-6-23(27)21-29(37)42-18-17-39-16-15-38-14-11-35-36-34/h7-10,19-20,23H,2-6,11-18,21H2,1H3/t23-/m0/s1. The fraction of sp³-hybridized carbons (Fsp3) is 0.567. The number of ether oxygens (including phenoxy) is 5. The van der Waals surface area contributed by atoms with Crippen molar-refractivity contribution < 1.29 is 41.7 Å². The van der Waals surface area contributed by atoms with Crippen LogP contribution in [0.25, 0.3) is 10.4 Å². The van der Waals surface area contributed by atoms with E-state index in [1.807, 2.05) is 25.1 Å². The number of halogens is 3. The van der Waals surface area contributed by atoms with Gasteiger partial charge < -0.3 is 23.7 Å². The van der Waals surface area contributed by atoms with Crippen LogP contribution in [-0.2, 0) is 38.0 Å². The molecule has 0 amide bonds. The molecule has 0 N–H and O–H groups in total. The van der Waals surface area contributed by atoms with Gasteiger partial charge in [-0.25, -0.2) is 0 Å². The summed E-state index contributed by atoms with van der Waals surface area (Å²) in [5, 5.41) is 3.36. The van der Waals surface area contributed by atoms with Crippen LogP contribution in [0.2, 0.25) is 0 Å². The SMILES string of the molecule is CCCc1cc(C(F)(F)F)ccc1OCCCOc1ccc2c(c1)CC[C@H]2CC(=O)OCCOCCOCCN=[N+]=[N-]. The van der Waals surface area contributed by atoms with E-state index in [9.17, 15) is 18.0 Å². The van der Waals surface area contributed by atoms with Gasteiger partial charge in [0, 0.05) is 17.9 Å². The number of hydrogen-bond acceptors (Lipinski definition) is 7. The molecule has 1 aliphatic carbocycles. The maximum absolute atomic E-state index is 13.0. The second-order valence-corrected chi connectivity index (χ2v) is 9.82. The monoisotopic (exact) mass is 593 g/mol. The van der Waals surface area contributed by atoms with Crippen LogP contribution in [0, 0.1) is 0 Å². The van der Waals surface area contributed by atoms with Crippen LogP contribution in [0.1, 0.15) is 60.8 Å². The number of esters is 1. The molecule has 0 aliphatic heterocycles. The number of aryl methyl sites for hydroxylation is 2. The first-order valence-electron chi connectivity index (χ1n) is 14.2. The average Bonchev–Trinajstić information content (AvgIpc) is 3.35. The molecule has 0 radical (unpaired) electrons. The van der Waals surface area contributed by atoms with Crippen molar-refractivity contribution >= 4 is 5.97 Å². The molecule has 1 atom stereocenters. The van der Waals surface area contributed by atoms with E-state index in [1.54, 1.807) is 0 Å². The van der Waals surface area contributed by atoms with Gasteiger partial charge >= 0.3 is 12.1 Å². The molecule has 0 heterocycles. The van der Waals surface area contributed by atoms with E-state index in [0.29, 0.717) is 63.6 Å². The number of alkyl halides is 3. The van der Waals surface area contributed by atoms with E-state index in [2.05, 4.69) is 10.0 Å². The molecule has 0 saturated heterocycles. The second kappa shape index (κ2) is 17.5. The number of rotatable bonds is 19. The Kier molecular flexibility index (Phi) is 13.7. The summed E-state index contributed by atoms with van der Waals surface area (Å²) >= 11 is 0. The highest BCUT2D eigenvalue weighted by Crippen LogP contribution is 2.37. The molecule has 9 nitrogen and oxygen atoms in total. The number of benzene rings is 2. The minimum absolute atomic E-state index is 0.0985. The fourth-order valence-electron chi connectivity index (χ4n) is 4.72. The van der Waals surface area contributed by atoms with Gasteiger partial charge in [0.2, 0.25) is 0 Å². The Morgan fingerprint density at radius 1 is 1.00 bits per heavy atom. The van der Waals surface area contributed by atoms with Gasteiger partial charge in [-0.2, -0.15) is 13.2 Å². The number of hydrogen-bond donors (Lipinski definition) is 0. The molecule has 0 spiro atoms. The fourth-order valence-corrected chi connectivity index (χ4v) is 4.72. The summed E-state index contributed by atoms with van der Waals surface area (Å²) in [4.78, 5) is 14.9. The van der Waals surface area contributed by atoms with Gasteiger partial charge in [-0.05, 0) is 77.7 Å². The Labute approximate surface area is 243 Å². The van der Waals surface area contributed by atoms with Crippen molar-refractivity contribution in [3.8, 4) is 11.5 Å². The van der Waals surface area contributed by atoms with Gasteiger partial charge in [-0.15, -0.1) is 0 Å². The first-order chi connectivity index (χ1) is 20.3. The van der Waals surface area contributed by atoms with Crippen molar-refractivity contribution in [2.45, 2.75) is 57.5 Å². The van der Waals surface area contributed by atoms with Gasteiger partial charge in [0.15, 0.2) is 0 Å². The summed E-state index contributed by atoms with van der Waals surface area (Å²) in [5.74, 6) is 1.04. The van der Waals surface area contributed by atoms with Crippen molar-refractivity contribution in [2.75, 3.05) is 52.8 Å². The van der Waals surface area contributed by atoms with E-state index in [4.69, 9.17) is 29.2 Å². The van der Waals surface area contributed by atoms with Gasteiger partial charge in [-0.1, -0.05) is 24.5 Å². The normalized spacial score (nSPS) is 14.2. The molecular weight excluding hydrogens is 555 g/mol. The summed E-state index contributed by atoms with van der Waals surface area (Å²) in [6.45, 7) is 4.45. The van der Waals surface area contributed by atoms with Crippen LogP contribution in [0.3, 0.4) is 0 Å². The lowest BCUT2D eigenvalue weighted by molar-refractivity contribution is -0.145. The first-order valence-corrected chi connectivity index (χ1v) is 14.2. The number of carbonyl (C=O) groups is 1. The highest BCUT2D eigenvalue weighted by atomic mass is 19.4. The lowest BCUT2D eigenvalue weighted by Crippen LogP contribution is -2.14. The highest BCUT2D eigenvalue weighted by Gasteiger charge is 2.31. The van der Waals surface area contributed by atoms with Gasteiger partial charge in [0.25, 0.3) is 0 Å². The smallest absolute Gasteiger partial charge is 0.416 e. The molecule has 2 aromatic rings. The third-order valence-corrected chi connectivity index (χ3v) is 6.71. The minimum Gasteiger partial charge on any atom is -0.493 e. The Morgan fingerprint density at radius 3 is 2.52 bits per heavy atom. The van der Waals surface area contributed by atoms with Gasteiger partial charge in [-0.3, -0.25) is 4.79 Å². The summed E-state index contributed by atoms with van der Waals surface area (Å²) in [6, 6.07) is 9.50. The summed E-state index contributed by atoms with van der Waals surface area (Å²) in [7, 11) is 0. The maximum atomic E-state index is 13.0. The van der Waals surface area contributed by atoms with Crippen molar-refractivity contribution in [1.82, 2.24) is 0 Å². The van der Waals surface area contributed by atoms with Crippen molar-refractivity contribution in [1.29, 1.82) is 0 Å². The zero-order chi connectivity index (χ0) is 30.2. The maximum Gasteiger partial charge on any atom is 0.416 e. The van der Waals surface area contributed by atoms with E-state index in [1.165, 1.54) is 12.1 Å². The Balaban J connectivity index is 1.33. The predicted molar refractivity (Wildman–Crippen MR) is 150 cm³/mol. The van der Waals surface area contributed by atoms with Crippen LogP contribution in [-0.4, -0.2) is 58.8 Å². The average molecular weight is 594 g/mol.